The molecule has 1 saturated carbocycles. The Hall–Kier alpha value is -0.140. The van der Waals surface area contributed by atoms with Crippen LogP contribution in [0.1, 0.15) is 37.7 Å². The second-order valence-corrected chi connectivity index (χ2v) is 9.76. The van der Waals surface area contributed by atoms with E-state index < -0.39 is 10.0 Å². The average molecular weight is 419 g/mol. The highest BCUT2D eigenvalue weighted by atomic mass is 127. The van der Waals surface area contributed by atoms with Crippen LogP contribution in [0.3, 0.4) is 0 Å². The number of alkyl halides is 1. The van der Waals surface area contributed by atoms with E-state index in [1.54, 1.807) is 16.4 Å². The predicted molar refractivity (Wildman–Crippen MR) is 93.2 cm³/mol. The molecule has 0 spiro atoms. The van der Waals surface area contributed by atoms with Crippen molar-refractivity contribution < 1.29 is 8.42 Å². The van der Waals surface area contributed by atoms with E-state index in [4.69, 9.17) is 0 Å². The number of benzene rings is 1. The molecule has 3 atom stereocenters. The summed E-state index contributed by atoms with van der Waals surface area (Å²) in [6, 6.07) is 7.46. The van der Waals surface area contributed by atoms with Crippen molar-refractivity contribution in [2.75, 3.05) is 6.54 Å². The van der Waals surface area contributed by atoms with Crippen molar-refractivity contribution in [3.63, 3.8) is 0 Å². The van der Waals surface area contributed by atoms with Crippen LogP contribution >= 0.6 is 22.6 Å². The summed E-state index contributed by atoms with van der Waals surface area (Å²) >= 11 is 2.47. The van der Waals surface area contributed by atoms with Crippen molar-refractivity contribution in [3.05, 3.63) is 29.8 Å². The molecule has 0 radical (unpaired) electrons. The van der Waals surface area contributed by atoms with Crippen LogP contribution in [0, 0.1) is 12.8 Å². The van der Waals surface area contributed by atoms with Gasteiger partial charge in [-0.2, -0.15) is 4.31 Å². The first-order chi connectivity index (χ1) is 10.00. The van der Waals surface area contributed by atoms with Gasteiger partial charge in [0.25, 0.3) is 0 Å². The van der Waals surface area contributed by atoms with Crippen LogP contribution in [0.25, 0.3) is 0 Å². The average Bonchev–Trinajstić information content (AvgIpc) is 2.81. The molecule has 0 N–H and O–H groups in total. The summed E-state index contributed by atoms with van der Waals surface area (Å²) in [4.78, 5) is 0.446. The van der Waals surface area contributed by atoms with E-state index >= 15 is 0 Å². The number of halogens is 1. The Morgan fingerprint density at radius 1 is 1.10 bits per heavy atom. The fraction of sp³-hybridized carbons (Fsp3) is 0.625. The molecule has 1 aliphatic heterocycles. The lowest BCUT2D eigenvalue weighted by Gasteiger charge is -2.30. The maximum Gasteiger partial charge on any atom is 0.243 e. The second kappa shape index (κ2) is 6.16. The topological polar surface area (TPSA) is 37.4 Å². The lowest BCUT2D eigenvalue weighted by molar-refractivity contribution is 0.334. The highest BCUT2D eigenvalue weighted by Gasteiger charge is 2.45. The molecule has 0 bridgehead atoms. The molecule has 0 unspecified atom stereocenters. The first-order valence-corrected chi connectivity index (χ1v) is 10.4. The standard InChI is InChI=1S/C16H22INO2S/c1-12-6-8-14(9-7-12)21(19,20)18-11-10-13-4-2-3-5-15(17)16(13)18/h6-9,13,15-16H,2-5,10-11H2,1H3/t13-,15+,16+/m1/s1. The van der Waals surface area contributed by atoms with Crippen molar-refractivity contribution in [1.82, 2.24) is 4.31 Å². The van der Waals surface area contributed by atoms with Crippen LogP contribution in [0.5, 0.6) is 0 Å². The largest absolute Gasteiger partial charge is 0.243 e. The highest BCUT2D eigenvalue weighted by Crippen LogP contribution is 2.41. The quantitative estimate of drug-likeness (QED) is 0.541. The van der Waals surface area contributed by atoms with Crippen LogP contribution in [-0.2, 0) is 10.0 Å². The second-order valence-electron chi connectivity index (χ2n) is 6.27. The van der Waals surface area contributed by atoms with E-state index in [0.717, 1.165) is 18.4 Å². The lowest BCUT2D eigenvalue weighted by atomic mass is 9.96. The zero-order chi connectivity index (χ0) is 15.0. The van der Waals surface area contributed by atoms with Crippen molar-refractivity contribution in [2.45, 2.75) is 53.9 Å². The van der Waals surface area contributed by atoms with Crippen LogP contribution in [0.2, 0.25) is 0 Å². The van der Waals surface area contributed by atoms with E-state index in [9.17, 15) is 8.42 Å². The summed E-state index contributed by atoms with van der Waals surface area (Å²) in [6.07, 6.45) is 5.83. The predicted octanol–water partition coefficient (Wildman–Crippen LogP) is 3.75. The Labute approximate surface area is 141 Å². The molecule has 2 fully saturated rings. The molecule has 1 aromatic carbocycles. The van der Waals surface area contributed by atoms with Crippen molar-refractivity contribution in [3.8, 4) is 0 Å². The minimum atomic E-state index is -3.35. The minimum absolute atomic E-state index is 0.194. The molecule has 1 aromatic rings. The number of sulfonamides is 1. The summed E-state index contributed by atoms with van der Waals surface area (Å²) in [6.45, 7) is 2.67. The van der Waals surface area contributed by atoms with Crippen LogP contribution < -0.4 is 0 Å². The van der Waals surface area contributed by atoms with Crippen molar-refractivity contribution in [2.24, 2.45) is 5.92 Å². The molecule has 2 aliphatic rings. The van der Waals surface area contributed by atoms with Crippen LogP contribution in [0.15, 0.2) is 29.2 Å². The third-order valence-electron chi connectivity index (χ3n) is 4.84. The van der Waals surface area contributed by atoms with Gasteiger partial charge in [0.15, 0.2) is 0 Å². The molecular weight excluding hydrogens is 397 g/mol. The van der Waals surface area contributed by atoms with Gasteiger partial charge < -0.3 is 0 Å². The summed E-state index contributed by atoms with van der Waals surface area (Å²) in [5.41, 5.74) is 1.09. The normalized spacial score (nSPS) is 30.9. The Balaban J connectivity index is 1.93. The van der Waals surface area contributed by atoms with Gasteiger partial charge in [0.2, 0.25) is 10.0 Å². The molecule has 116 valence electrons. The summed E-state index contributed by atoms with van der Waals surface area (Å²) < 4.78 is 28.2. The number of aryl methyl sites for hydroxylation is 1. The molecule has 21 heavy (non-hydrogen) atoms. The van der Waals surface area contributed by atoms with E-state index in [0.29, 0.717) is 21.3 Å². The van der Waals surface area contributed by atoms with E-state index in [-0.39, 0.29) is 6.04 Å². The summed E-state index contributed by atoms with van der Waals surface area (Å²) in [5, 5.41) is 0. The van der Waals surface area contributed by atoms with Gasteiger partial charge in [-0.25, -0.2) is 8.42 Å². The molecule has 0 amide bonds. The minimum Gasteiger partial charge on any atom is -0.207 e. The van der Waals surface area contributed by atoms with Gasteiger partial charge in [-0.1, -0.05) is 53.1 Å². The summed E-state index contributed by atoms with van der Waals surface area (Å²) in [5.74, 6) is 0.551. The molecule has 1 aliphatic carbocycles. The smallest absolute Gasteiger partial charge is 0.207 e. The number of nitrogens with zero attached hydrogens (tertiary/aromatic N) is 1. The van der Waals surface area contributed by atoms with Crippen molar-refractivity contribution in [1.29, 1.82) is 0 Å². The van der Waals surface area contributed by atoms with Crippen LogP contribution in [-0.4, -0.2) is 29.2 Å². The van der Waals surface area contributed by atoms with Gasteiger partial charge in [-0.15, -0.1) is 0 Å². The zero-order valence-electron chi connectivity index (χ0n) is 12.3. The molecule has 1 saturated heterocycles. The first-order valence-electron chi connectivity index (χ1n) is 7.73. The number of rotatable bonds is 2. The van der Waals surface area contributed by atoms with Crippen LogP contribution in [0.4, 0.5) is 0 Å². The van der Waals surface area contributed by atoms with Gasteiger partial charge in [-0.3, -0.25) is 0 Å². The maximum atomic E-state index is 13.0. The molecule has 3 rings (SSSR count). The van der Waals surface area contributed by atoms with Gasteiger partial charge >= 0.3 is 0 Å². The molecular formula is C16H22INO2S. The fourth-order valence-corrected chi connectivity index (χ4v) is 7.05. The number of fused-ring (bicyclic) bond motifs is 1. The van der Waals surface area contributed by atoms with Gasteiger partial charge in [0.1, 0.15) is 0 Å². The third kappa shape index (κ3) is 3.01. The van der Waals surface area contributed by atoms with Gasteiger partial charge in [-0.05, 0) is 44.2 Å². The fourth-order valence-electron chi connectivity index (χ4n) is 3.68. The summed E-state index contributed by atoms with van der Waals surface area (Å²) in [7, 11) is -3.35. The molecule has 0 aromatic heterocycles. The van der Waals surface area contributed by atoms with Gasteiger partial charge in [0, 0.05) is 16.5 Å². The van der Waals surface area contributed by atoms with E-state index in [2.05, 4.69) is 22.6 Å². The monoisotopic (exact) mass is 419 g/mol. The molecule has 3 nitrogen and oxygen atoms in total. The molecule has 5 heteroatoms. The Morgan fingerprint density at radius 2 is 1.76 bits per heavy atom. The van der Waals surface area contributed by atoms with E-state index in [1.807, 2.05) is 19.1 Å². The zero-order valence-corrected chi connectivity index (χ0v) is 15.3. The Kier molecular flexibility index (Phi) is 4.62. The number of hydrogen-bond donors (Lipinski definition) is 0. The first kappa shape index (κ1) is 15.7. The molecule has 1 heterocycles. The lowest BCUT2D eigenvalue weighted by Crippen LogP contribution is -2.42. The van der Waals surface area contributed by atoms with Gasteiger partial charge in [0.05, 0.1) is 4.90 Å². The number of hydrogen-bond acceptors (Lipinski definition) is 2. The van der Waals surface area contributed by atoms with Crippen molar-refractivity contribution >= 4 is 32.6 Å². The SMILES string of the molecule is Cc1ccc(S(=O)(=O)N2CC[C@H]3CCCC[C@H](I)[C@H]32)cc1. The van der Waals surface area contributed by atoms with E-state index in [1.165, 1.54) is 19.3 Å². The Bertz CT molecular complexity index is 599. The highest BCUT2D eigenvalue weighted by molar-refractivity contribution is 14.1. The third-order valence-corrected chi connectivity index (χ3v) is 8.11. The Morgan fingerprint density at radius 3 is 2.48 bits per heavy atom. The maximum absolute atomic E-state index is 13.0.